The van der Waals surface area contributed by atoms with Crippen LogP contribution in [0.2, 0.25) is 5.02 Å². The number of hydrogen-bond acceptors (Lipinski definition) is 4. The highest BCUT2D eigenvalue weighted by molar-refractivity contribution is 6.32. The molecule has 0 radical (unpaired) electrons. The molecule has 0 saturated carbocycles. The Bertz CT molecular complexity index is 575. The van der Waals surface area contributed by atoms with Crippen molar-refractivity contribution in [3.8, 4) is 0 Å². The van der Waals surface area contributed by atoms with Crippen LogP contribution in [-0.2, 0) is 12.8 Å². The lowest BCUT2D eigenvalue weighted by Crippen LogP contribution is -2.20. The van der Waals surface area contributed by atoms with Crippen molar-refractivity contribution in [1.29, 1.82) is 0 Å². The number of rotatable bonds is 3. The minimum absolute atomic E-state index is 0.342. The van der Waals surface area contributed by atoms with Crippen molar-refractivity contribution in [2.24, 2.45) is 0 Å². The van der Waals surface area contributed by atoms with E-state index in [4.69, 9.17) is 11.6 Å². The molecule has 19 heavy (non-hydrogen) atoms. The average Bonchev–Trinajstić information content (AvgIpc) is 2.83. The van der Waals surface area contributed by atoms with Gasteiger partial charge >= 0.3 is 0 Å². The topological polar surface area (TPSA) is 49.8 Å². The van der Waals surface area contributed by atoms with Gasteiger partial charge in [-0.25, -0.2) is 4.98 Å². The number of fused-ring (bicyclic) bond motifs is 1. The largest absolute Gasteiger partial charge is 0.365 e. The van der Waals surface area contributed by atoms with E-state index in [2.05, 4.69) is 44.9 Å². The summed E-state index contributed by atoms with van der Waals surface area (Å²) in [7, 11) is 1.79. The lowest BCUT2D eigenvalue weighted by atomic mass is 10.1. The zero-order valence-electron chi connectivity index (χ0n) is 10.7. The van der Waals surface area contributed by atoms with Crippen molar-refractivity contribution in [1.82, 2.24) is 9.97 Å². The van der Waals surface area contributed by atoms with E-state index < -0.39 is 0 Å². The van der Waals surface area contributed by atoms with Gasteiger partial charge in [-0.3, -0.25) is 0 Å². The van der Waals surface area contributed by atoms with Crippen LogP contribution in [0.15, 0.2) is 30.5 Å². The van der Waals surface area contributed by atoms with Gasteiger partial charge in [-0.05, 0) is 24.0 Å². The van der Waals surface area contributed by atoms with Crippen LogP contribution in [0.1, 0.15) is 11.1 Å². The molecule has 1 aromatic heterocycles. The highest BCUT2D eigenvalue weighted by Gasteiger charge is 2.21. The third kappa shape index (κ3) is 2.49. The van der Waals surface area contributed by atoms with Crippen LogP contribution in [0.3, 0.4) is 0 Å². The normalized spacial score (nSPS) is 14.2. The summed E-state index contributed by atoms with van der Waals surface area (Å²) in [6.45, 7) is 0. The average molecular weight is 275 g/mol. The van der Waals surface area contributed by atoms with Crippen LogP contribution < -0.4 is 10.6 Å². The minimum Gasteiger partial charge on any atom is -0.365 e. The highest BCUT2D eigenvalue weighted by atomic mass is 35.5. The number of hydrogen-bond donors (Lipinski definition) is 2. The number of halogens is 1. The number of benzene rings is 1. The van der Waals surface area contributed by atoms with Gasteiger partial charge in [0.2, 0.25) is 5.95 Å². The Morgan fingerprint density at radius 3 is 2.53 bits per heavy atom. The molecular weight excluding hydrogens is 260 g/mol. The first-order valence-corrected chi connectivity index (χ1v) is 6.67. The Kier molecular flexibility index (Phi) is 3.25. The second-order valence-electron chi connectivity index (χ2n) is 4.66. The fraction of sp³-hybridized carbons (Fsp3) is 0.286. The van der Waals surface area contributed by atoms with E-state index in [1.54, 1.807) is 13.2 Å². The third-order valence-electron chi connectivity index (χ3n) is 3.36. The van der Waals surface area contributed by atoms with Crippen LogP contribution >= 0.6 is 11.6 Å². The van der Waals surface area contributed by atoms with Gasteiger partial charge in [-0.2, -0.15) is 4.98 Å². The molecule has 1 aliphatic rings. The van der Waals surface area contributed by atoms with E-state index in [0.717, 1.165) is 12.8 Å². The van der Waals surface area contributed by atoms with E-state index in [1.165, 1.54) is 11.1 Å². The minimum atomic E-state index is 0.342. The summed E-state index contributed by atoms with van der Waals surface area (Å²) in [5, 5.41) is 6.87. The van der Waals surface area contributed by atoms with E-state index in [0.29, 0.717) is 22.8 Å². The molecule has 4 nitrogen and oxygen atoms in total. The molecule has 0 atom stereocenters. The van der Waals surface area contributed by atoms with Gasteiger partial charge in [-0.1, -0.05) is 35.9 Å². The maximum Gasteiger partial charge on any atom is 0.224 e. The molecule has 1 heterocycles. The molecule has 0 aliphatic heterocycles. The van der Waals surface area contributed by atoms with Crippen LogP contribution in [0.25, 0.3) is 0 Å². The number of anilines is 2. The Balaban J connectivity index is 1.77. The van der Waals surface area contributed by atoms with Gasteiger partial charge in [0.05, 0.1) is 6.20 Å². The zero-order valence-corrected chi connectivity index (χ0v) is 11.4. The van der Waals surface area contributed by atoms with Crippen molar-refractivity contribution in [2.45, 2.75) is 18.9 Å². The van der Waals surface area contributed by atoms with E-state index in [1.807, 2.05) is 0 Å². The Morgan fingerprint density at radius 1 is 1.21 bits per heavy atom. The SMILES string of the molecule is CNc1ncc(Cl)c(NC2Cc3ccccc3C2)n1. The smallest absolute Gasteiger partial charge is 0.224 e. The lowest BCUT2D eigenvalue weighted by Gasteiger charge is -2.14. The molecule has 3 rings (SSSR count). The molecule has 2 N–H and O–H groups in total. The molecule has 0 amide bonds. The molecule has 1 aliphatic carbocycles. The quantitative estimate of drug-likeness (QED) is 0.904. The lowest BCUT2D eigenvalue weighted by molar-refractivity contribution is 0.768. The summed E-state index contributed by atoms with van der Waals surface area (Å²) >= 11 is 6.13. The van der Waals surface area contributed by atoms with Gasteiger partial charge in [0.15, 0.2) is 5.82 Å². The standard InChI is InChI=1S/C14H15ClN4/c1-16-14-17-8-12(15)13(19-14)18-11-6-9-4-2-3-5-10(9)7-11/h2-5,8,11H,6-7H2,1H3,(H2,16,17,18,19). The number of aromatic nitrogens is 2. The van der Waals surface area contributed by atoms with Gasteiger partial charge < -0.3 is 10.6 Å². The van der Waals surface area contributed by atoms with Gasteiger partial charge in [-0.15, -0.1) is 0 Å². The Hall–Kier alpha value is -1.81. The van der Waals surface area contributed by atoms with Crippen molar-refractivity contribution >= 4 is 23.4 Å². The first-order valence-electron chi connectivity index (χ1n) is 6.30. The maximum absolute atomic E-state index is 6.13. The monoisotopic (exact) mass is 274 g/mol. The molecule has 1 aromatic carbocycles. The summed E-state index contributed by atoms with van der Waals surface area (Å²) in [6, 6.07) is 8.86. The second-order valence-corrected chi connectivity index (χ2v) is 5.07. The van der Waals surface area contributed by atoms with Crippen molar-refractivity contribution < 1.29 is 0 Å². The van der Waals surface area contributed by atoms with Crippen LogP contribution in [-0.4, -0.2) is 23.1 Å². The Morgan fingerprint density at radius 2 is 1.89 bits per heavy atom. The van der Waals surface area contributed by atoms with Crippen LogP contribution in [0.4, 0.5) is 11.8 Å². The third-order valence-corrected chi connectivity index (χ3v) is 3.64. The zero-order chi connectivity index (χ0) is 13.2. The van der Waals surface area contributed by atoms with Crippen molar-refractivity contribution in [3.63, 3.8) is 0 Å². The van der Waals surface area contributed by atoms with E-state index >= 15 is 0 Å². The van der Waals surface area contributed by atoms with Crippen LogP contribution in [0, 0.1) is 0 Å². The molecule has 2 aromatic rings. The summed E-state index contributed by atoms with van der Waals surface area (Å²) in [5.74, 6) is 1.27. The molecular formula is C14H15ClN4. The first kappa shape index (κ1) is 12.2. The molecule has 0 unspecified atom stereocenters. The van der Waals surface area contributed by atoms with E-state index in [-0.39, 0.29) is 0 Å². The van der Waals surface area contributed by atoms with Gasteiger partial charge in [0.25, 0.3) is 0 Å². The summed E-state index contributed by atoms with van der Waals surface area (Å²) in [6.07, 6.45) is 3.63. The summed E-state index contributed by atoms with van der Waals surface area (Å²) in [5.41, 5.74) is 2.80. The van der Waals surface area contributed by atoms with Crippen molar-refractivity contribution in [2.75, 3.05) is 17.7 Å². The molecule has 0 bridgehead atoms. The highest BCUT2D eigenvalue weighted by Crippen LogP contribution is 2.26. The molecule has 5 heteroatoms. The molecule has 0 saturated heterocycles. The summed E-state index contributed by atoms with van der Waals surface area (Å²) < 4.78 is 0. The molecule has 98 valence electrons. The van der Waals surface area contributed by atoms with Crippen molar-refractivity contribution in [3.05, 3.63) is 46.6 Å². The van der Waals surface area contributed by atoms with E-state index in [9.17, 15) is 0 Å². The predicted octanol–water partition coefficient (Wildman–Crippen LogP) is 2.75. The number of nitrogens with one attached hydrogen (secondary N) is 2. The molecule has 0 spiro atoms. The number of nitrogens with zero attached hydrogens (tertiary/aromatic N) is 2. The van der Waals surface area contributed by atoms with Gasteiger partial charge in [0, 0.05) is 13.1 Å². The van der Waals surface area contributed by atoms with Crippen LogP contribution in [0.5, 0.6) is 0 Å². The van der Waals surface area contributed by atoms with Gasteiger partial charge in [0.1, 0.15) is 5.02 Å². The fourth-order valence-electron chi connectivity index (χ4n) is 2.44. The Labute approximate surface area is 117 Å². The molecule has 0 fully saturated rings. The fourth-order valence-corrected chi connectivity index (χ4v) is 2.59. The maximum atomic E-state index is 6.13. The predicted molar refractivity (Wildman–Crippen MR) is 77.8 cm³/mol. The first-order chi connectivity index (χ1) is 9.26. The summed E-state index contributed by atoms with van der Waals surface area (Å²) in [4.78, 5) is 8.43. The second kappa shape index (κ2) is 5.05.